The molecule has 0 atom stereocenters. The summed E-state index contributed by atoms with van der Waals surface area (Å²) in [5.74, 6) is 0.429. The molecule has 140 valence electrons. The molecule has 0 aliphatic heterocycles. The highest BCUT2D eigenvalue weighted by Gasteiger charge is 2.10. The number of primary sulfonamides is 1. The second kappa shape index (κ2) is 7.60. The topological polar surface area (TPSA) is 119 Å². The highest BCUT2D eigenvalue weighted by Crippen LogP contribution is 2.21. The van der Waals surface area contributed by atoms with Gasteiger partial charge < -0.3 is 5.32 Å². The zero-order valence-corrected chi connectivity index (χ0v) is 15.4. The first kappa shape index (κ1) is 18.6. The highest BCUT2D eigenvalue weighted by molar-refractivity contribution is 7.89. The Balaban J connectivity index is 1.60. The number of aromatic nitrogens is 2. The number of carbonyl (C=O) groups is 1. The van der Waals surface area contributed by atoms with E-state index in [1.807, 2.05) is 30.3 Å². The number of nitrogens with zero attached hydrogens (tertiary/aromatic N) is 2. The molecule has 0 aliphatic rings. The Morgan fingerprint density at radius 2 is 1.78 bits per heavy atom. The van der Waals surface area contributed by atoms with E-state index in [9.17, 15) is 13.2 Å². The molecule has 2 amide bonds. The van der Waals surface area contributed by atoms with E-state index in [2.05, 4.69) is 15.7 Å². The fourth-order valence-electron chi connectivity index (χ4n) is 2.55. The molecular formula is C18H19N5O3S. The number of hydrogen-bond donors (Lipinski definition) is 3. The van der Waals surface area contributed by atoms with Crippen LogP contribution < -0.4 is 15.8 Å². The summed E-state index contributed by atoms with van der Waals surface area (Å²) < 4.78 is 24.2. The third-order valence-electron chi connectivity index (χ3n) is 3.90. The molecule has 4 N–H and O–H groups in total. The van der Waals surface area contributed by atoms with Crippen molar-refractivity contribution in [1.82, 2.24) is 15.1 Å². The maximum absolute atomic E-state index is 12.1. The van der Waals surface area contributed by atoms with Crippen molar-refractivity contribution in [3.8, 4) is 11.3 Å². The fourth-order valence-corrected chi connectivity index (χ4v) is 3.06. The number of nitrogens with two attached hydrogens (primary N) is 1. The van der Waals surface area contributed by atoms with Crippen LogP contribution in [0.1, 0.15) is 5.56 Å². The van der Waals surface area contributed by atoms with Gasteiger partial charge in [0.25, 0.3) is 0 Å². The van der Waals surface area contributed by atoms with Gasteiger partial charge in [0.1, 0.15) is 0 Å². The number of amides is 2. The van der Waals surface area contributed by atoms with Crippen LogP contribution in [0.5, 0.6) is 0 Å². The summed E-state index contributed by atoms with van der Waals surface area (Å²) in [4.78, 5) is 12.1. The molecule has 2 aromatic carbocycles. The number of anilines is 1. The maximum Gasteiger partial charge on any atom is 0.320 e. The smallest absolute Gasteiger partial charge is 0.320 e. The average molecular weight is 385 g/mol. The molecule has 9 heteroatoms. The van der Waals surface area contributed by atoms with E-state index in [1.54, 1.807) is 29.9 Å². The summed E-state index contributed by atoms with van der Waals surface area (Å²) >= 11 is 0. The first-order valence-corrected chi connectivity index (χ1v) is 9.63. The second-order valence-electron chi connectivity index (χ2n) is 5.90. The molecule has 8 nitrogen and oxygen atoms in total. The lowest BCUT2D eigenvalue weighted by Gasteiger charge is -2.06. The van der Waals surface area contributed by atoms with Crippen LogP contribution in [0, 0.1) is 0 Å². The maximum atomic E-state index is 12.1. The van der Waals surface area contributed by atoms with Crippen molar-refractivity contribution >= 4 is 21.9 Å². The summed E-state index contributed by atoms with van der Waals surface area (Å²) in [7, 11) is -1.92. The SMILES string of the molecule is Cn1nc(NC(=O)NCc2ccc(S(N)(=O)=O)cc2)cc1-c1ccccc1. The van der Waals surface area contributed by atoms with E-state index < -0.39 is 16.1 Å². The Kier molecular flexibility index (Phi) is 5.24. The van der Waals surface area contributed by atoms with Gasteiger partial charge in [0.05, 0.1) is 10.6 Å². The van der Waals surface area contributed by atoms with Gasteiger partial charge in [0.2, 0.25) is 10.0 Å². The Morgan fingerprint density at radius 3 is 2.41 bits per heavy atom. The monoisotopic (exact) mass is 385 g/mol. The third kappa shape index (κ3) is 4.72. The minimum absolute atomic E-state index is 0.0256. The summed E-state index contributed by atoms with van der Waals surface area (Å²) in [6, 6.07) is 17.1. The number of nitrogens with one attached hydrogen (secondary N) is 2. The molecular weight excluding hydrogens is 366 g/mol. The van der Waals surface area contributed by atoms with Gasteiger partial charge in [-0.05, 0) is 23.3 Å². The Labute approximate surface area is 157 Å². The van der Waals surface area contributed by atoms with Crippen LogP contribution in [-0.2, 0) is 23.6 Å². The van der Waals surface area contributed by atoms with Crippen molar-refractivity contribution in [2.24, 2.45) is 12.2 Å². The van der Waals surface area contributed by atoms with Crippen LogP contribution in [0.15, 0.2) is 65.6 Å². The van der Waals surface area contributed by atoms with Crippen LogP contribution >= 0.6 is 0 Å². The third-order valence-corrected chi connectivity index (χ3v) is 4.83. The molecule has 3 rings (SSSR count). The van der Waals surface area contributed by atoms with E-state index in [1.165, 1.54) is 12.1 Å². The molecule has 0 unspecified atom stereocenters. The van der Waals surface area contributed by atoms with Gasteiger partial charge in [-0.2, -0.15) is 5.10 Å². The van der Waals surface area contributed by atoms with Crippen molar-refractivity contribution in [2.45, 2.75) is 11.4 Å². The molecule has 1 heterocycles. The Morgan fingerprint density at radius 1 is 1.11 bits per heavy atom. The van der Waals surface area contributed by atoms with Crippen LogP contribution in [0.4, 0.5) is 10.6 Å². The Bertz CT molecular complexity index is 1040. The van der Waals surface area contributed by atoms with Crippen molar-refractivity contribution in [2.75, 3.05) is 5.32 Å². The number of aryl methyl sites for hydroxylation is 1. The van der Waals surface area contributed by atoms with E-state index in [0.717, 1.165) is 16.8 Å². The van der Waals surface area contributed by atoms with Crippen molar-refractivity contribution in [3.05, 3.63) is 66.2 Å². The van der Waals surface area contributed by atoms with E-state index in [0.29, 0.717) is 5.82 Å². The molecule has 27 heavy (non-hydrogen) atoms. The van der Waals surface area contributed by atoms with E-state index in [4.69, 9.17) is 5.14 Å². The quantitative estimate of drug-likeness (QED) is 0.623. The predicted molar refractivity (Wildman–Crippen MR) is 102 cm³/mol. The van der Waals surface area contributed by atoms with Crippen molar-refractivity contribution in [3.63, 3.8) is 0 Å². The van der Waals surface area contributed by atoms with Gasteiger partial charge in [0.15, 0.2) is 5.82 Å². The lowest BCUT2D eigenvalue weighted by atomic mass is 10.1. The van der Waals surface area contributed by atoms with Crippen LogP contribution in [-0.4, -0.2) is 24.2 Å². The van der Waals surface area contributed by atoms with Crippen LogP contribution in [0.2, 0.25) is 0 Å². The van der Waals surface area contributed by atoms with Crippen LogP contribution in [0.25, 0.3) is 11.3 Å². The zero-order chi connectivity index (χ0) is 19.4. The van der Waals surface area contributed by atoms with Crippen molar-refractivity contribution in [1.29, 1.82) is 0 Å². The van der Waals surface area contributed by atoms with Gasteiger partial charge in [-0.1, -0.05) is 42.5 Å². The first-order valence-electron chi connectivity index (χ1n) is 8.09. The van der Waals surface area contributed by atoms with Gasteiger partial charge in [-0.15, -0.1) is 0 Å². The van der Waals surface area contributed by atoms with Gasteiger partial charge in [-0.25, -0.2) is 18.4 Å². The lowest BCUT2D eigenvalue weighted by molar-refractivity contribution is 0.251. The summed E-state index contributed by atoms with van der Waals surface area (Å²) in [6.45, 7) is 0.231. The van der Waals surface area contributed by atoms with E-state index >= 15 is 0 Å². The van der Waals surface area contributed by atoms with Gasteiger partial charge in [-0.3, -0.25) is 10.00 Å². The van der Waals surface area contributed by atoms with Gasteiger partial charge >= 0.3 is 6.03 Å². The number of sulfonamides is 1. The molecule has 0 radical (unpaired) electrons. The highest BCUT2D eigenvalue weighted by atomic mass is 32.2. The molecule has 0 saturated heterocycles. The standard InChI is InChI=1S/C18H19N5O3S/c1-23-16(14-5-3-2-4-6-14)11-17(22-23)21-18(24)20-12-13-7-9-15(10-8-13)27(19,25)26/h2-11H,12H2,1H3,(H2,19,25,26)(H2,20,21,22,24). The minimum Gasteiger partial charge on any atom is -0.334 e. The van der Waals surface area contributed by atoms with Crippen LogP contribution in [0.3, 0.4) is 0 Å². The van der Waals surface area contributed by atoms with Crippen molar-refractivity contribution < 1.29 is 13.2 Å². The summed E-state index contributed by atoms with van der Waals surface area (Å²) in [5, 5.41) is 14.7. The minimum atomic E-state index is -3.73. The molecule has 0 aliphatic carbocycles. The number of hydrogen-bond acceptors (Lipinski definition) is 4. The molecule has 0 bridgehead atoms. The number of benzene rings is 2. The molecule has 0 spiro atoms. The summed E-state index contributed by atoms with van der Waals surface area (Å²) in [5.41, 5.74) is 2.61. The summed E-state index contributed by atoms with van der Waals surface area (Å²) in [6.07, 6.45) is 0. The van der Waals surface area contributed by atoms with E-state index in [-0.39, 0.29) is 11.4 Å². The molecule has 0 saturated carbocycles. The average Bonchev–Trinajstić information content (AvgIpc) is 3.00. The first-order chi connectivity index (χ1) is 12.8. The number of carbonyl (C=O) groups excluding carboxylic acids is 1. The Hall–Kier alpha value is -3.17. The number of urea groups is 1. The molecule has 3 aromatic rings. The molecule has 1 aromatic heterocycles. The predicted octanol–water partition coefficient (Wildman–Crippen LogP) is 2.06. The lowest BCUT2D eigenvalue weighted by Crippen LogP contribution is -2.28. The zero-order valence-electron chi connectivity index (χ0n) is 14.6. The number of rotatable bonds is 5. The normalized spacial score (nSPS) is 11.2. The largest absolute Gasteiger partial charge is 0.334 e. The molecule has 0 fully saturated rings. The van der Waals surface area contributed by atoms with Gasteiger partial charge in [0, 0.05) is 19.7 Å². The second-order valence-corrected chi connectivity index (χ2v) is 7.46. The fraction of sp³-hybridized carbons (Fsp3) is 0.111.